The second-order valence-electron chi connectivity index (χ2n) is 5.54. The number of halogens is 4. The number of hydrogen-bond acceptors (Lipinski definition) is 2. The van der Waals surface area contributed by atoms with E-state index in [-0.39, 0.29) is 0 Å². The van der Waals surface area contributed by atoms with Crippen molar-refractivity contribution in [2.45, 2.75) is 44.0 Å². The molecule has 7 heteroatoms. The highest BCUT2D eigenvalue weighted by atomic mass is 35.5. The number of alkyl halides is 3. The Bertz CT molecular complexity index is 519. The minimum absolute atomic E-state index is 0.336. The van der Waals surface area contributed by atoms with Crippen LogP contribution < -0.4 is 5.32 Å². The molecule has 1 aromatic rings. The first-order valence-corrected chi connectivity index (χ1v) is 7.45. The fourth-order valence-corrected chi connectivity index (χ4v) is 2.83. The summed E-state index contributed by atoms with van der Waals surface area (Å²) in [4.78, 5) is 12.1. The molecule has 0 aliphatic heterocycles. The second-order valence-corrected chi connectivity index (χ2v) is 5.97. The molecule has 1 aliphatic carbocycles. The molecule has 3 unspecified atom stereocenters. The normalized spacial score (nSPS) is 23.3. The average Bonchev–Trinajstić information content (AvgIpc) is 2.83. The highest BCUT2D eigenvalue weighted by Gasteiger charge is 2.37. The summed E-state index contributed by atoms with van der Waals surface area (Å²) in [6.45, 7) is 0. The Hall–Kier alpha value is -1.27. The van der Waals surface area contributed by atoms with Crippen LogP contribution >= 0.6 is 11.6 Å². The summed E-state index contributed by atoms with van der Waals surface area (Å²) in [7, 11) is 0. The molecule has 2 rings (SSSR count). The molecule has 0 aromatic heterocycles. The summed E-state index contributed by atoms with van der Waals surface area (Å²) in [6, 6.07) is 4.71. The first-order chi connectivity index (χ1) is 10.3. The van der Waals surface area contributed by atoms with Gasteiger partial charge in [0.2, 0.25) is 5.91 Å². The molecule has 0 spiro atoms. The van der Waals surface area contributed by atoms with Crippen LogP contribution in [0.2, 0.25) is 5.02 Å². The van der Waals surface area contributed by atoms with E-state index >= 15 is 0 Å². The van der Waals surface area contributed by atoms with Gasteiger partial charge in [-0.05, 0) is 37.0 Å². The van der Waals surface area contributed by atoms with Crippen LogP contribution in [0.25, 0.3) is 0 Å². The molecule has 0 heterocycles. The van der Waals surface area contributed by atoms with Crippen LogP contribution in [0.15, 0.2) is 24.3 Å². The zero-order valence-electron chi connectivity index (χ0n) is 11.7. The molecule has 122 valence electrons. The Morgan fingerprint density at radius 2 is 1.95 bits per heavy atom. The van der Waals surface area contributed by atoms with Crippen molar-refractivity contribution in [2.24, 2.45) is 5.92 Å². The van der Waals surface area contributed by atoms with Crippen LogP contribution in [0.4, 0.5) is 13.2 Å². The molecule has 1 aromatic carbocycles. The number of aliphatic hydroxyl groups is 1. The topological polar surface area (TPSA) is 49.3 Å². The van der Waals surface area contributed by atoms with Gasteiger partial charge in [0.15, 0.2) is 0 Å². The van der Waals surface area contributed by atoms with Gasteiger partial charge in [0.1, 0.15) is 0 Å². The van der Waals surface area contributed by atoms with E-state index in [0.717, 1.165) is 0 Å². The largest absolute Gasteiger partial charge is 0.392 e. The molecule has 3 nitrogen and oxygen atoms in total. The zero-order valence-corrected chi connectivity index (χ0v) is 12.5. The highest BCUT2D eigenvalue weighted by molar-refractivity contribution is 6.30. The van der Waals surface area contributed by atoms with Gasteiger partial charge in [-0.1, -0.05) is 23.7 Å². The fraction of sp³-hybridized carbons (Fsp3) is 0.533. The van der Waals surface area contributed by atoms with Crippen molar-refractivity contribution in [3.63, 3.8) is 0 Å². The van der Waals surface area contributed by atoms with Gasteiger partial charge < -0.3 is 10.4 Å². The maximum absolute atomic E-state index is 12.7. The average molecular weight is 336 g/mol. The van der Waals surface area contributed by atoms with Gasteiger partial charge in [0.05, 0.1) is 24.5 Å². The Morgan fingerprint density at radius 3 is 2.45 bits per heavy atom. The summed E-state index contributed by atoms with van der Waals surface area (Å²) in [5.74, 6) is -1.17. The van der Waals surface area contributed by atoms with E-state index in [2.05, 4.69) is 5.32 Å². The molecule has 1 saturated carbocycles. The Kier molecular flexibility index (Phi) is 5.34. The van der Waals surface area contributed by atoms with Gasteiger partial charge in [-0.25, -0.2) is 0 Å². The van der Waals surface area contributed by atoms with E-state index in [9.17, 15) is 23.1 Å². The van der Waals surface area contributed by atoms with Crippen LogP contribution in [0.1, 0.15) is 37.3 Å². The lowest BCUT2D eigenvalue weighted by Gasteiger charge is -2.23. The lowest BCUT2D eigenvalue weighted by Crippen LogP contribution is -2.38. The van der Waals surface area contributed by atoms with Gasteiger partial charge >= 0.3 is 6.18 Å². The quantitative estimate of drug-likeness (QED) is 0.883. The van der Waals surface area contributed by atoms with Crippen molar-refractivity contribution in [1.29, 1.82) is 0 Å². The monoisotopic (exact) mass is 335 g/mol. The smallest absolute Gasteiger partial charge is 0.391 e. The fourth-order valence-electron chi connectivity index (χ4n) is 2.70. The molecule has 22 heavy (non-hydrogen) atoms. The Labute approximate surface area is 131 Å². The van der Waals surface area contributed by atoms with Crippen LogP contribution in [0.3, 0.4) is 0 Å². The van der Waals surface area contributed by atoms with Crippen LogP contribution in [0.5, 0.6) is 0 Å². The lowest BCUT2D eigenvalue weighted by molar-refractivity contribution is -0.144. The molecule has 0 saturated heterocycles. The van der Waals surface area contributed by atoms with Gasteiger partial charge in [-0.15, -0.1) is 0 Å². The van der Waals surface area contributed by atoms with Crippen LogP contribution in [-0.2, 0) is 4.79 Å². The maximum Gasteiger partial charge on any atom is 0.391 e. The first kappa shape index (κ1) is 17.1. The lowest BCUT2D eigenvalue weighted by atomic mass is 10.00. The summed E-state index contributed by atoms with van der Waals surface area (Å²) >= 11 is 5.74. The predicted molar refractivity (Wildman–Crippen MR) is 76.4 cm³/mol. The number of aliphatic hydroxyl groups excluding tert-OH is 1. The molecular formula is C15H17ClF3NO2. The minimum Gasteiger partial charge on any atom is -0.392 e. The van der Waals surface area contributed by atoms with Crippen LogP contribution in [-0.4, -0.2) is 23.3 Å². The molecule has 3 atom stereocenters. The Morgan fingerprint density at radius 1 is 1.32 bits per heavy atom. The van der Waals surface area contributed by atoms with Crippen molar-refractivity contribution in [2.75, 3.05) is 0 Å². The summed E-state index contributed by atoms with van der Waals surface area (Å²) < 4.78 is 38.2. The third-order valence-electron chi connectivity index (χ3n) is 3.84. The molecule has 0 radical (unpaired) electrons. The Balaban J connectivity index is 2.13. The molecule has 1 amide bonds. The second kappa shape index (κ2) is 6.87. The molecule has 0 bridgehead atoms. The van der Waals surface area contributed by atoms with Crippen molar-refractivity contribution in [1.82, 2.24) is 5.32 Å². The third-order valence-corrected chi connectivity index (χ3v) is 4.09. The van der Waals surface area contributed by atoms with Gasteiger partial charge in [-0.2, -0.15) is 13.2 Å². The number of benzene rings is 1. The van der Waals surface area contributed by atoms with Crippen LogP contribution in [0, 0.1) is 5.92 Å². The molecule has 1 aliphatic rings. The van der Waals surface area contributed by atoms with Crippen molar-refractivity contribution < 1.29 is 23.1 Å². The van der Waals surface area contributed by atoms with Crippen molar-refractivity contribution in [3.8, 4) is 0 Å². The molecule has 1 fully saturated rings. The highest BCUT2D eigenvalue weighted by Crippen LogP contribution is 2.32. The summed E-state index contributed by atoms with van der Waals surface area (Å²) in [5, 5.41) is 12.5. The van der Waals surface area contributed by atoms with E-state index in [1.165, 1.54) is 24.3 Å². The molecular weight excluding hydrogens is 319 g/mol. The minimum atomic E-state index is -4.41. The van der Waals surface area contributed by atoms with Gasteiger partial charge in [0, 0.05) is 5.02 Å². The number of carbonyl (C=O) groups is 1. The van der Waals surface area contributed by atoms with E-state index in [1.54, 1.807) is 0 Å². The van der Waals surface area contributed by atoms with Crippen molar-refractivity contribution in [3.05, 3.63) is 34.9 Å². The number of hydrogen-bond donors (Lipinski definition) is 2. The predicted octanol–water partition coefficient (Wildman–Crippen LogP) is 3.61. The third kappa shape index (κ3) is 4.61. The summed E-state index contributed by atoms with van der Waals surface area (Å²) in [5.41, 5.74) is 0.336. The maximum atomic E-state index is 12.7. The number of amides is 1. The standard InChI is InChI=1S/C15H17ClF3NO2/c16-10-6-4-9(5-7-10)12(8-15(17,18)19)20-14(22)11-2-1-3-13(11)21/h4-7,11-13,21H,1-3,8H2,(H,20,22). The molecule has 2 N–H and O–H groups in total. The zero-order chi connectivity index (χ0) is 16.3. The first-order valence-electron chi connectivity index (χ1n) is 7.07. The number of rotatable bonds is 4. The number of nitrogens with one attached hydrogen (secondary N) is 1. The van der Waals surface area contributed by atoms with E-state index < -0.39 is 36.6 Å². The SMILES string of the molecule is O=C(NC(CC(F)(F)F)c1ccc(Cl)cc1)C1CCCC1O. The summed E-state index contributed by atoms with van der Waals surface area (Å²) in [6.07, 6.45) is -4.66. The number of carbonyl (C=O) groups excluding carboxylic acids is 1. The van der Waals surface area contributed by atoms with E-state index in [4.69, 9.17) is 11.6 Å². The van der Waals surface area contributed by atoms with Gasteiger partial charge in [-0.3, -0.25) is 4.79 Å². The van der Waals surface area contributed by atoms with E-state index in [0.29, 0.717) is 29.8 Å². The van der Waals surface area contributed by atoms with Crippen molar-refractivity contribution >= 4 is 17.5 Å². The van der Waals surface area contributed by atoms with E-state index in [1.807, 2.05) is 0 Å². The van der Waals surface area contributed by atoms with Gasteiger partial charge in [0.25, 0.3) is 0 Å².